The second-order valence-corrected chi connectivity index (χ2v) is 11.4. The molecule has 2 heterocycles. The van der Waals surface area contributed by atoms with Crippen molar-refractivity contribution < 1.29 is 32.1 Å². The summed E-state index contributed by atoms with van der Waals surface area (Å²) in [6.45, 7) is 1.93. The molecule has 204 valence electrons. The molecule has 41 heavy (non-hydrogen) atoms. The number of imide groups is 2. The molecular formula is C31H22N2O7S. The quantitative estimate of drug-likeness (QED) is 0.266. The number of benzene rings is 4. The van der Waals surface area contributed by atoms with Crippen LogP contribution < -0.4 is 9.80 Å². The number of fused-ring (bicyclic) bond motifs is 2. The number of nitrogens with zero attached hydrogens (tertiary/aromatic N) is 2. The van der Waals surface area contributed by atoms with Gasteiger partial charge < -0.3 is 0 Å². The SMILES string of the molecule is Cc1ccc(N2C(=O)c3ccc(CCc4ccc5c(c4)C(=O)N(c4ccc(S(=O)(=O)O)cc4)C5=O)cc3C2=O)cc1. The lowest BCUT2D eigenvalue weighted by molar-refractivity contribution is 0.0910. The van der Waals surface area contributed by atoms with Crippen LogP contribution in [0.15, 0.2) is 89.8 Å². The molecule has 9 nitrogen and oxygen atoms in total. The summed E-state index contributed by atoms with van der Waals surface area (Å²) in [4.78, 5) is 54.0. The first-order valence-electron chi connectivity index (χ1n) is 12.7. The fourth-order valence-electron chi connectivity index (χ4n) is 5.11. The van der Waals surface area contributed by atoms with E-state index < -0.39 is 21.9 Å². The Morgan fingerprint density at radius 2 is 0.951 bits per heavy atom. The van der Waals surface area contributed by atoms with Crippen molar-refractivity contribution in [1.29, 1.82) is 0 Å². The Balaban J connectivity index is 1.19. The summed E-state index contributed by atoms with van der Waals surface area (Å²) in [5.41, 5.74) is 4.53. The van der Waals surface area contributed by atoms with Crippen LogP contribution in [0.4, 0.5) is 11.4 Å². The fraction of sp³-hybridized carbons (Fsp3) is 0.0968. The van der Waals surface area contributed by atoms with Gasteiger partial charge in [-0.25, -0.2) is 9.80 Å². The zero-order chi connectivity index (χ0) is 29.1. The molecule has 4 aromatic rings. The molecule has 2 aliphatic rings. The number of rotatable bonds is 6. The summed E-state index contributed by atoms with van der Waals surface area (Å²) in [6.07, 6.45) is 1.04. The van der Waals surface area contributed by atoms with Gasteiger partial charge in [-0.3, -0.25) is 23.7 Å². The van der Waals surface area contributed by atoms with Gasteiger partial charge in [0.15, 0.2) is 0 Å². The van der Waals surface area contributed by atoms with Crippen LogP contribution in [0, 0.1) is 6.92 Å². The molecule has 0 bridgehead atoms. The third-order valence-corrected chi connectivity index (χ3v) is 8.16. The van der Waals surface area contributed by atoms with Crippen molar-refractivity contribution in [2.24, 2.45) is 0 Å². The maximum absolute atomic E-state index is 13.1. The van der Waals surface area contributed by atoms with Gasteiger partial charge in [0, 0.05) is 0 Å². The number of amides is 4. The van der Waals surface area contributed by atoms with Gasteiger partial charge in [0.05, 0.1) is 38.5 Å². The van der Waals surface area contributed by atoms with Crippen LogP contribution in [0.25, 0.3) is 0 Å². The summed E-state index contributed by atoms with van der Waals surface area (Å²) < 4.78 is 31.8. The van der Waals surface area contributed by atoms with E-state index in [4.69, 9.17) is 0 Å². The van der Waals surface area contributed by atoms with Crippen molar-refractivity contribution in [1.82, 2.24) is 0 Å². The fourth-order valence-corrected chi connectivity index (χ4v) is 5.59. The zero-order valence-corrected chi connectivity index (χ0v) is 22.5. The van der Waals surface area contributed by atoms with Crippen molar-refractivity contribution in [2.75, 3.05) is 9.80 Å². The van der Waals surface area contributed by atoms with Crippen molar-refractivity contribution in [3.05, 3.63) is 124 Å². The van der Waals surface area contributed by atoms with Gasteiger partial charge in [-0.1, -0.05) is 29.8 Å². The van der Waals surface area contributed by atoms with E-state index in [0.29, 0.717) is 29.7 Å². The zero-order valence-electron chi connectivity index (χ0n) is 21.7. The average Bonchev–Trinajstić information content (AvgIpc) is 3.35. The molecular weight excluding hydrogens is 544 g/mol. The Bertz CT molecular complexity index is 1900. The Morgan fingerprint density at radius 3 is 1.37 bits per heavy atom. The monoisotopic (exact) mass is 566 g/mol. The van der Waals surface area contributed by atoms with Crippen molar-refractivity contribution in [3.63, 3.8) is 0 Å². The van der Waals surface area contributed by atoms with Crippen LogP contribution in [-0.2, 0) is 23.0 Å². The highest BCUT2D eigenvalue weighted by molar-refractivity contribution is 7.85. The molecule has 0 unspecified atom stereocenters. The molecule has 4 amide bonds. The molecule has 0 aromatic heterocycles. The molecule has 0 saturated carbocycles. The normalized spacial score (nSPS) is 14.6. The standard InChI is InChI=1S/C31H22N2O7S/c1-18-2-8-21(9-3-18)32-28(34)24-14-6-19(16-26(24)30(32)36)4-5-20-7-15-25-27(17-20)31(37)33(29(25)35)22-10-12-23(13-11-22)41(38,39)40/h2-3,6-17H,4-5H2,1H3,(H,38,39,40). The van der Waals surface area contributed by atoms with E-state index in [1.165, 1.54) is 17.0 Å². The number of anilines is 2. The van der Waals surface area contributed by atoms with E-state index in [-0.39, 0.29) is 33.5 Å². The van der Waals surface area contributed by atoms with Crippen LogP contribution in [-0.4, -0.2) is 36.6 Å². The number of hydrogen-bond donors (Lipinski definition) is 1. The second kappa shape index (κ2) is 9.61. The highest BCUT2D eigenvalue weighted by Crippen LogP contribution is 2.32. The lowest BCUT2D eigenvalue weighted by Crippen LogP contribution is -2.29. The van der Waals surface area contributed by atoms with E-state index >= 15 is 0 Å². The molecule has 0 spiro atoms. The average molecular weight is 567 g/mol. The first-order chi connectivity index (χ1) is 19.5. The highest BCUT2D eigenvalue weighted by atomic mass is 32.2. The van der Waals surface area contributed by atoms with Gasteiger partial charge in [-0.2, -0.15) is 8.42 Å². The highest BCUT2D eigenvalue weighted by Gasteiger charge is 2.38. The number of carbonyl (C=O) groups is 4. The van der Waals surface area contributed by atoms with Crippen LogP contribution in [0.2, 0.25) is 0 Å². The molecule has 10 heteroatoms. The summed E-state index contributed by atoms with van der Waals surface area (Å²) in [7, 11) is -4.41. The van der Waals surface area contributed by atoms with Crippen molar-refractivity contribution in [3.8, 4) is 0 Å². The number of carbonyl (C=O) groups excluding carboxylic acids is 4. The predicted molar refractivity (Wildman–Crippen MR) is 150 cm³/mol. The minimum absolute atomic E-state index is 0.183. The van der Waals surface area contributed by atoms with Gasteiger partial charge in [-0.15, -0.1) is 0 Å². The molecule has 6 rings (SSSR count). The van der Waals surface area contributed by atoms with Crippen molar-refractivity contribution >= 4 is 45.1 Å². The van der Waals surface area contributed by atoms with Crippen LogP contribution in [0.1, 0.15) is 58.1 Å². The second-order valence-electron chi connectivity index (χ2n) is 9.96. The Labute approximate surface area is 235 Å². The van der Waals surface area contributed by atoms with Gasteiger partial charge >= 0.3 is 0 Å². The van der Waals surface area contributed by atoms with Crippen LogP contribution >= 0.6 is 0 Å². The van der Waals surface area contributed by atoms with Gasteiger partial charge in [-0.05, 0) is 91.6 Å². The Hall–Kier alpha value is -4.93. The molecule has 0 radical (unpaired) electrons. The molecule has 4 aromatic carbocycles. The van der Waals surface area contributed by atoms with Crippen LogP contribution in [0.5, 0.6) is 0 Å². The minimum Gasteiger partial charge on any atom is -0.282 e. The summed E-state index contributed by atoms with van der Waals surface area (Å²) in [5.74, 6) is -1.80. The van der Waals surface area contributed by atoms with Gasteiger partial charge in [0.1, 0.15) is 0 Å². The maximum Gasteiger partial charge on any atom is 0.294 e. The molecule has 1 N–H and O–H groups in total. The Kier molecular flexibility index (Phi) is 6.17. The lowest BCUT2D eigenvalue weighted by Gasteiger charge is -2.13. The molecule has 0 fully saturated rings. The number of hydrogen-bond acceptors (Lipinski definition) is 6. The van der Waals surface area contributed by atoms with Gasteiger partial charge in [0.2, 0.25) is 0 Å². The van der Waals surface area contributed by atoms with Crippen LogP contribution in [0.3, 0.4) is 0 Å². The third kappa shape index (κ3) is 4.52. The molecule has 2 aliphatic heterocycles. The third-order valence-electron chi connectivity index (χ3n) is 7.29. The topological polar surface area (TPSA) is 129 Å². The van der Waals surface area contributed by atoms with E-state index in [1.54, 1.807) is 42.5 Å². The molecule has 0 saturated heterocycles. The number of aryl methyl sites for hydroxylation is 3. The van der Waals surface area contributed by atoms with E-state index in [2.05, 4.69) is 0 Å². The smallest absolute Gasteiger partial charge is 0.282 e. The Morgan fingerprint density at radius 1 is 0.561 bits per heavy atom. The minimum atomic E-state index is -4.41. The predicted octanol–water partition coefficient (Wildman–Crippen LogP) is 4.63. The van der Waals surface area contributed by atoms with E-state index in [1.807, 2.05) is 25.1 Å². The largest absolute Gasteiger partial charge is 0.294 e. The van der Waals surface area contributed by atoms with E-state index in [9.17, 15) is 32.1 Å². The molecule has 0 aliphatic carbocycles. The summed E-state index contributed by atoms with van der Waals surface area (Å²) in [5, 5.41) is 0. The maximum atomic E-state index is 13.1. The van der Waals surface area contributed by atoms with Gasteiger partial charge in [0.25, 0.3) is 33.7 Å². The molecule has 0 atom stereocenters. The summed E-state index contributed by atoms with van der Waals surface area (Å²) >= 11 is 0. The first kappa shape index (κ1) is 26.3. The lowest BCUT2D eigenvalue weighted by atomic mass is 9.98. The first-order valence-corrected chi connectivity index (χ1v) is 14.1. The summed E-state index contributed by atoms with van der Waals surface area (Å²) in [6, 6.07) is 22.2. The van der Waals surface area contributed by atoms with E-state index in [0.717, 1.165) is 33.7 Å². The van der Waals surface area contributed by atoms with Crippen molar-refractivity contribution in [2.45, 2.75) is 24.7 Å².